The molecule has 1 aliphatic rings. The Morgan fingerprint density at radius 1 is 1.10 bits per heavy atom. The Hall–Kier alpha value is -1.00. The predicted octanol–water partition coefficient (Wildman–Crippen LogP) is 3.37. The molecule has 0 saturated heterocycles. The Kier molecular flexibility index (Phi) is 3.78. The predicted molar refractivity (Wildman–Crippen MR) is 84.1 cm³/mol. The first kappa shape index (κ1) is 14.0. The van der Waals surface area contributed by atoms with Gasteiger partial charge in [-0.05, 0) is 11.3 Å². The first-order valence-corrected chi connectivity index (χ1v) is 10.4. The summed E-state index contributed by atoms with van der Waals surface area (Å²) in [4.78, 5) is 0. The second-order valence-corrected chi connectivity index (χ2v) is 9.43. The summed E-state index contributed by atoms with van der Waals surface area (Å²) in [5.41, 5.74) is 1.99. The maximum atomic E-state index is 6.05. The molecule has 2 aromatic carbocycles. The Morgan fingerprint density at radius 3 is 2.55 bits per heavy atom. The van der Waals surface area contributed by atoms with E-state index in [4.69, 9.17) is 31.6 Å². The Bertz CT molecular complexity index is 619. The summed E-state index contributed by atoms with van der Waals surface area (Å²) in [6.07, 6.45) is 0. The smallest absolute Gasteiger partial charge is 0.266 e. The molecule has 3 rings (SSSR count). The number of fused-ring (bicyclic) bond motifs is 1. The van der Waals surface area contributed by atoms with Gasteiger partial charge in [0.2, 0.25) is 5.79 Å². The van der Waals surface area contributed by atoms with Crippen molar-refractivity contribution in [3.05, 3.63) is 59.7 Å². The summed E-state index contributed by atoms with van der Waals surface area (Å²) >= 11 is 12.0. The molecule has 5 heteroatoms. The molecule has 0 aliphatic carbocycles. The number of hydrogen-bond acceptors (Lipinski definition) is 2. The SMILES string of the molecule is CC1(c2ccccc2)OCc2cc([SiH](Cl)Cl)ccc2O1. The zero-order valence-electron chi connectivity index (χ0n) is 11.0. The van der Waals surface area contributed by atoms with Crippen LogP contribution < -0.4 is 9.92 Å². The summed E-state index contributed by atoms with van der Waals surface area (Å²) in [5.74, 6) is 0.0727. The molecule has 0 aromatic heterocycles. The lowest BCUT2D eigenvalue weighted by Crippen LogP contribution is -2.36. The fraction of sp³-hybridized carbons (Fsp3) is 0.200. The summed E-state index contributed by atoms with van der Waals surface area (Å²) < 4.78 is 12.0. The molecule has 104 valence electrons. The van der Waals surface area contributed by atoms with Gasteiger partial charge in [0.15, 0.2) is 0 Å². The van der Waals surface area contributed by atoms with Gasteiger partial charge in [-0.3, -0.25) is 0 Å². The van der Waals surface area contributed by atoms with Crippen LogP contribution in [0.5, 0.6) is 5.75 Å². The molecule has 0 fully saturated rings. The van der Waals surface area contributed by atoms with Crippen molar-refractivity contribution in [3.63, 3.8) is 0 Å². The zero-order valence-corrected chi connectivity index (χ0v) is 13.6. The second kappa shape index (κ2) is 5.41. The molecule has 1 unspecified atom stereocenters. The second-order valence-electron chi connectivity index (χ2n) is 4.87. The van der Waals surface area contributed by atoms with Gasteiger partial charge in [-0.15, -0.1) is 22.2 Å². The van der Waals surface area contributed by atoms with Crippen LogP contribution in [0.4, 0.5) is 0 Å². The lowest BCUT2D eigenvalue weighted by molar-refractivity contribution is -0.201. The first-order chi connectivity index (χ1) is 9.58. The van der Waals surface area contributed by atoms with Gasteiger partial charge in [-0.25, -0.2) is 0 Å². The van der Waals surface area contributed by atoms with Gasteiger partial charge in [-0.1, -0.05) is 42.5 Å². The van der Waals surface area contributed by atoms with Crippen LogP contribution in [0.15, 0.2) is 48.5 Å². The van der Waals surface area contributed by atoms with Crippen molar-refractivity contribution in [2.24, 2.45) is 0 Å². The van der Waals surface area contributed by atoms with E-state index in [1.165, 1.54) is 0 Å². The van der Waals surface area contributed by atoms with Gasteiger partial charge in [0.25, 0.3) is 7.42 Å². The fourth-order valence-electron chi connectivity index (χ4n) is 2.29. The molecule has 1 heterocycles. The fourth-order valence-corrected chi connectivity index (χ4v) is 3.67. The summed E-state index contributed by atoms with van der Waals surface area (Å²) in [5, 5.41) is 0.989. The molecule has 0 saturated carbocycles. The van der Waals surface area contributed by atoms with Crippen molar-refractivity contribution in [2.75, 3.05) is 0 Å². The van der Waals surface area contributed by atoms with Crippen LogP contribution in [-0.2, 0) is 17.1 Å². The van der Waals surface area contributed by atoms with Crippen molar-refractivity contribution in [1.82, 2.24) is 0 Å². The van der Waals surface area contributed by atoms with Crippen LogP contribution in [0, 0.1) is 0 Å². The summed E-state index contributed by atoms with van der Waals surface area (Å²) in [7, 11) is -1.84. The summed E-state index contributed by atoms with van der Waals surface area (Å²) in [6.45, 7) is 2.42. The highest BCUT2D eigenvalue weighted by Gasteiger charge is 2.34. The molecular weight excluding hydrogens is 311 g/mol. The highest BCUT2D eigenvalue weighted by atomic mass is 35.7. The van der Waals surface area contributed by atoms with E-state index in [1.807, 2.05) is 55.5 Å². The molecule has 0 radical (unpaired) electrons. The third-order valence-corrected chi connectivity index (χ3v) is 5.82. The van der Waals surface area contributed by atoms with E-state index in [2.05, 4.69) is 0 Å². The lowest BCUT2D eigenvalue weighted by Gasteiger charge is -2.36. The molecule has 0 bridgehead atoms. The van der Waals surface area contributed by atoms with Gasteiger partial charge in [-0.2, -0.15) is 0 Å². The number of hydrogen-bond donors (Lipinski definition) is 0. The minimum Gasteiger partial charge on any atom is -0.458 e. The standard InChI is InChI=1S/C15H14Cl2O2Si/c1-15(12-5-3-2-4-6-12)18-10-11-9-13(20(16)17)7-8-14(11)19-15/h2-9,20H,10H2,1H3. The van der Waals surface area contributed by atoms with Crippen LogP contribution in [0.3, 0.4) is 0 Å². The van der Waals surface area contributed by atoms with Crippen molar-refractivity contribution in [3.8, 4) is 5.75 Å². The summed E-state index contributed by atoms with van der Waals surface area (Å²) in [6, 6.07) is 15.8. The van der Waals surface area contributed by atoms with E-state index in [-0.39, 0.29) is 0 Å². The number of rotatable bonds is 2. The van der Waals surface area contributed by atoms with Crippen LogP contribution in [0.1, 0.15) is 18.1 Å². The molecule has 1 aliphatic heterocycles. The largest absolute Gasteiger partial charge is 0.458 e. The maximum absolute atomic E-state index is 6.05. The average Bonchev–Trinajstić information content (AvgIpc) is 2.47. The molecule has 0 N–H and O–H groups in total. The molecule has 1 atom stereocenters. The third kappa shape index (κ3) is 2.59. The van der Waals surface area contributed by atoms with E-state index >= 15 is 0 Å². The first-order valence-electron chi connectivity index (χ1n) is 6.38. The van der Waals surface area contributed by atoms with E-state index in [9.17, 15) is 0 Å². The normalized spacial score (nSPS) is 21.4. The number of halogens is 2. The van der Waals surface area contributed by atoms with Gasteiger partial charge >= 0.3 is 0 Å². The lowest BCUT2D eigenvalue weighted by atomic mass is 10.1. The maximum Gasteiger partial charge on any atom is 0.266 e. The average molecular weight is 325 g/mol. The number of ether oxygens (including phenoxy) is 2. The van der Waals surface area contributed by atoms with Gasteiger partial charge < -0.3 is 9.47 Å². The van der Waals surface area contributed by atoms with Crippen molar-refractivity contribution >= 4 is 34.8 Å². The highest BCUT2D eigenvalue weighted by Crippen LogP contribution is 2.36. The van der Waals surface area contributed by atoms with E-state index in [0.29, 0.717) is 6.61 Å². The van der Waals surface area contributed by atoms with Crippen molar-refractivity contribution in [1.29, 1.82) is 0 Å². The van der Waals surface area contributed by atoms with Crippen LogP contribution in [0.2, 0.25) is 0 Å². The Balaban J connectivity index is 1.93. The molecule has 2 nitrogen and oxygen atoms in total. The van der Waals surface area contributed by atoms with Crippen molar-refractivity contribution < 1.29 is 9.47 Å². The minimum absolute atomic E-state index is 0.490. The number of benzene rings is 2. The minimum atomic E-state index is -1.84. The molecular formula is C15H14Cl2O2Si. The quantitative estimate of drug-likeness (QED) is 0.623. The van der Waals surface area contributed by atoms with Crippen molar-refractivity contribution in [2.45, 2.75) is 19.3 Å². The molecule has 0 spiro atoms. The zero-order chi connectivity index (χ0) is 14.2. The van der Waals surface area contributed by atoms with E-state index in [0.717, 1.165) is 22.1 Å². The van der Waals surface area contributed by atoms with Gasteiger partial charge in [0.05, 0.1) is 6.61 Å². The topological polar surface area (TPSA) is 18.5 Å². The monoisotopic (exact) mass is 324 g/mol. The van der Waals surface area contributed by atoms with E-state index < -0.39 is 13.2 Å². The van der Waals surface area contributed by atoms with E-state index in [1.54, 1.807) is 0 Å². The Morgan fingerprint density at radius 2 is 1.85 bits per heavy atom. The highest BCUT2D eigenvalue weighted by molar-refractivity contribution is 7.39. The molecule has 2 aromatic rings. The van der Waals surface area contributed by atoms with Gasteiger partial charge in [0.1, 0.15) is 5.75 Å². The van der Waals surface area contributed by atoms with Crippen LogP contribution >= 0.6 is 22.2 Å². The third-order valence-electron chi connectivity index (χ3n) is 3.44. The van der Waals surface area contributed by atoms with Crippen LogP contribution in [-0.4, -0.2) is 7.42 Å². The molecule has 0 amide bonds. The molecule has 20 heavy (non-hydrogen) atoms. The van der Waals surface area contributed by atoms with Crippen LogP contribution in [0.25, 0.3) is 0 Å². The van der Waals surface area contributed by atoms with Gasteiger partial charge in [0, 0.05) is 18.1 Å². The Labute approximate surface area is 129 Å².